The van der Waals surface area contributed by atoms with Crippen molar-refractivity contribution >= 4 is 22.8 Å². The second kappa shape index (κ2) is 13.6. The molecule has 0 unspecified atom stereocenters. The molecular weight excluding hydrogens is 500 g/mol. The molecule has 0 aliphatic carbocycles. The summed E-state index contributed by atoms with van der Waals surface area (Å²) in [5, 5.41) is 15.5. The first kappa shape index (κ1) is 27.9. The van der Waals surface area contributed by atoms with Crippen LogP contribution in [0.1, 0.15) is 43.7 Å². The number of hydrogen-bond acceptors (Lipinski definition) is 7. The van der Waals surface area contributed by atoms with Gasteiger partial charge in [0.1, 0.15) is 23.2 Å². The molecule has 9 heteroatoms. The first-order chi connectivity index (χ1) is 19.0. The number of benzene rings is 2. The predicted octanol–water partition coefficient (Wildman–Crippen LogP) is 6.72. The number of nitrogens with zero attached hydrogens (tertiary/aromatic N) is 2. The van der Waals surface area contributed by atoms with Crippen LogP contribution in [0.4, 0.5) is 20.2 Å². The SMILES string of the molecule is CCOc1cc(F)c(CNc2ccccc2C(=N)C2=NC(Nc3ccncc3)=C(CCCOC)CC2)c(F)c1. The fourth-order valence-corrected chi connectivity index (χ4v) is 4.39. The number of aliphatic imine (C=N–C) groups is 1. The maximum Gasteiger partial charge on any atom is 0.134 e. The van der Waals surface area contributed by atoms with E-state index < -0.39 is 11.6 Å². The summed E-state index contributed by atoms with van der Waals surface area (Å²) in [6.07, 6.45) is 6.50. The highest BCUT2D eigenvalue weighted by Gasteiger charge is 2.21. The van der Waals surface area contributed by atoms with Crippen LogP contribution in [-0.4, -0.2) is 36.7 Å². The molecule has 0 bridgehead atoms. The predicted molar refractivity (Wildman–Crippen MR) is 151 cm³/mol. The quantitative estimate of drug-likeness (QED) is 0.168. The minimum Gasteiger partial charge on any atom is -0.494 e. The van der Waals surface area contributed by atoms with Crippen LogP contribution in [-0.2, 0) is 11.3 Å². The highest BCUT2D eigenvalue weighted by Crippen LogP contribution is 2.28. The zero-order valence-electron chi connectivity index (χ0n) is 22.2. The summed E-state index contributed by atoms with van der Waals surface area (Å²) in [4.78, 5) is 8.94. The van der Waals surface area contributed by atoms with E-state index in [1.807, 2.05) is 30.3 Å². The van der Waals surface area contributed by atoms with E-state index in [1.165, 1.54) is 17.7 Å². The van der Waals surface area contributed by atoms with E-state index in [4.69, 9.17) is 19.9 Å². The Morgan fingerprint density at radius 3 is 2.51 bits per heavy atom. The van der Waals surface area contributed by atoms with Crippen LogP contribution < -0.4 is 15.4 Å². The molecule has 0 saturated heterocycles. The maximum atomic E-state index is 14.6. The van der Waals surface area contributed by atoms with Gasteiger partial charge >= 0.3 is 0 Å². The first-order valence-electron chi connectivity index (χ1n) is 13.0. The molecule has 1 aliphatic rings. The van der Waals surface area contributed by atoms with Crippen LogP contribution in [0, 0.1) is 17.0 Å². The Hall–Kier alpha value is -4.11. The average molecular weight is 534 g/mol. The van der Waals surface area contributed by atoms with Gasteiger partial charge in [0.25, 0.3) is 0 Å². The molecule has 1 aliphatic heterocycles. The molecule has 0 atom stereocenters. The van der Waals surface area contributed by atoms with Gasteiger partial charge in [-0.05, 0) is 56.4 Å². The molecule has 3 aromatic rings. The molecule has 3 N–H and O–H groups in total. The Morgan fingerprint density at radius 2 is 1.79 bits per heavy atom. The van der Waals surface area contributed by atoms with Gasteiger partial charge in [-0.15, -0.1) is 0 Å². The van der Waals surface area contributed by atoms with Crippen molar-refractivity contribution in [2.45, 2.75) is 39.2 Å². The monoisotopic (exact) mass is 533 g/mol. The van der Waals surface area contributed by atoms with Crippen molar-refractivity contribution in [3.63, 3.8) is 0 Å². The highest BCUT2D eigenvalue weighted by molar-refractivity contribution is 6.48. The zero-order valence-corrected chi connectivity index (χ0v) is 22.2. The highest BCUT2D eigenvalue weighted by atomic mass is 19.1. The molecule has 0 radical (unpaired) electrons. The molecule has 2 heterocycles. The number of hydrogen-bond donors (Lipinski definition) is 3. The number of methoxy groups -OCH3 is 1. The van der Waals surface area contributed by atoms with E-state index in [9.17, 15) is 8.78 Å². The van der Waals surface area contributed by atoms with Crippen molar-refractivity contribution in [1.82, 2.24) is 4.98 Å². The lowest BCUT2D eigenvalue weighted by atomic mass is 9.94. The number of halogens is 2. The van der Waals surface area contributed by atoms with Crippen molar-refractivity contribution in [3.05, 3.63) is 95.1 Å². The number of rotatable bonds is 13. The molecule has 39 heavy (non-hydrogen) atoms. The standard InChI is InChI=1S/C30H33F2N5O2/c1-3-39-22-17-25(31)24(26(32)18-22)19-35-27-9-5-4-8-23(27)29(33)28-11-10-20(7-6-16-38-2)30(37-28)36-21-12-14-34-15-13-21/h4-5,8-9,12-15,17-18,33,35H,3,6-7,10-11,16,19H2,1-2H3,(H,34,36). The zero-order chi connectivity index (χ0) is 27.6. The first-order valence-corrected chi connectivity index (χ1v) is 13.0. The van der Waals surface area contributed by atoms with Crippen LogP contribution in [0.5, 0.6) is 5.75 Å². The lowest BCUT2D eigenvalue weighted by Gasteiger charge is -2.22. The molecule has 1 aromatic heterocycles. The summed E-state index contributed by atoms with van der Waals surface area (Å²) in [6.45, 7) is 2.65. The Balaban J connectivity index is 1.56. The number of anilines is 2. The summed E-state index contributed by atoms with van der Waals surface area (Å²) in [6, 6.07) is 13.4. The summed E-state index contributed by atoms with van der Waals surface area (Å²) in [5.41, 5.74) is 4.04. The van der Waals surface area contributed by atoms with E-state index in [0.717, 1.165) is 30.8 Å². The Morgan fingerprint density at radius 1 is 1.05 bits per heavy atom. The summed E-state index contributed by atoms with van der Waals surface area (Å²) in [5.74, 6) is -0.493. The third-order valence-electron chi connectivity index (χ3n) is 6.38. The van der Waals surface area contributed by atoms with Crippen LogP contribution in [0.2, 0.25) is 0 Å². The average Bonchev–Trinajstić information content (AvgIpc) is 2.94. The Labute approximate surface area is 227 Å². The lowest BCUT2D eigenvalue weighted by Crippen LogP contribution is -2.22. The van der Waals surface area contributed by atoms with Gasteiger partial charge in [0.15, 0.2) is 0 Å². The molecule has 0 spiro atoms. The molecule has 4 rings (SSSR count). The van der Waals surface area contributed by atoms with Crippen LogP contribution >= 0.6 is 0 Å². The van der Waals surface area contributed by atoms with Gasteiger partial charge in [0.05, 0.1) is 18.0 Å². The third kappa shape index (κ3) is 7.26. The minimum absolute atomic E-state index is 0.0841. The van der Waals surface area contributed by atoms with Gasteiger partial charge < -0.3 is 20.1 Å². The van der Waals surface area contributed by atoms with E-state index >= 15 is 0 Å². The van der Waals surface area contributed by atoms with Gasteiger partial charge in [0.2, 0.25) is 0 Å². The fraction of sp³-hybridized carbons (Fsp3) is 0.300. The number of pyridine rings is 1. The smallest absolute Gasteiger partial charge is 0.134 e. The molecule has 7 nitrogen and oxygen atoms in total. The number of ether oxygens (including phenoxy) is 2. The van der Waals surface area contributed by atoms with E-state index in [0.29, 0.717) is 36.6 Å². The topological polar surface area (TPSA) is 91.6 Å². The van der Waals surface area contributed by atoms with Gasteiger partial charge in [-0.3, -0.25) is 10.4 Å². The second-order valence-electron chi connectivity index (χ2n) is 9.04. The van der Waals surface area contributed by atoms with Crippen LogP contribution in [0.25, 0.3) is 0 Å². The molecular formula is C30H33F2N5O2. The maximum absolute atomic E-state index is 14.6. The largest absolute Gasteiger partial charge is 0.494 e. The van der Waals surface area contributed by atoms with Crippen molar-refractivity contribution in [2.24, 2.45) is 4.99 Å². The number of allylic oxidation sites excluding steroid dienone is 1. The Kier molecular flexibility index (Phi) is 9.74. The number of aromatic nitrogens is 1. The molecule has 2 aromatic carbocycles. The van der Waals surface area contributed by atoms with Crippen molar-refractivity contribution < 1.29 is 18.3 Å². The molecule has 0 saturated carbocycles. The fourth-order valence-electron chi connectivity index (χ4n) is 4.39. The molecule has 204 valence electrons. The molecule has 0 fully saturated rings. The van der Waals surface area contributed by atoms with Gasteiger partial charge in [-0.1, -0.05) is 18.2 Å². The van der Waals surface area contributed by atoms with Crippen molar-refractivity contribution in [2.75, 3.05) is 31.0 Å². The summed E-state index contributed by atoms with van der Waals surface area (Å²) in [7, 11) is 1.69. The van der Waals surface area contributed by atoms with Gasteiger partial charge in [-0.2, -0.15) is 0 Å². The number of nitrogens with one attached hydrogen (secondary N) is 3. The summed E-state index contributed by atoms with van der Waals surface area (Å²) >= 11 is 0. The van der Waals surface area contributed by atoms with E-state index in [2.05, 4.69) is 15.6 Å². The van der Waals surface area contributed by atoms with Crippen molar-refractivity contribution in [3.8, 4) is 5.75 Å². The van der Waals surface area contributed by atoms with E-state index in [-0.39, 0.29) is 23.6 Å². The lowest BCUT2D eigenvalue weighted by molar-refractivity contribution is 0.195. The second-order valence-corrected chi connectivity index (χ2v) is 9.04. The van der Waals surface area contributed by atoms with Crippen LogP contribution in [0.3, 0.4) is 0 Å². The van der Waals surface area contributed by atoms with Gasteiger partial charge in [-0.25, -0.2) is 13.8 Å². The molecule has 0 amide bonds. The van der Waals surface area contributed by atoms with Crippen molar-refractivity contribution in [1.29, 1.82) is 5.41 Å². The number of para-hydroxylation sites is 1. The van der Waals surface area contributed by atoms with Crippen LogP contribution in [0.15, 0.2) is 77.3 Å². The normalized spacial score (nSPS) is 13.2. The Bertz CT molecular complexity index is 1340. The summed E-state index contributed by atoms with van der Waals surface area (Å²) < 4.78 is 39.7. The van der Waals surface area contributed by atoms with Gasteiger partial charge in [0, 0.05) is 67.3 Å². The third-order valence-corrected chi connectivity index (χ3v) is 6.38. The van der Waals surface area contributed by atoms with E-state index in [1.54, 1.807) is 32.5 Å². The minimum atomic E-state index is -0.687.